The molecule has 0 radical (unpaired) electrons. The van der Waals surface area contributed by atoms with E-state index in [1.165, 1.54) is 25.7 Å². The van der Waals surface area contributed by atoms with Gasteiger partial charge in [-0.15, -0.1) is 0 Å². The van der Waals surface area contributed by atoms with Gasteiger partial charge in [-0.1, -0.05) is 12.8 Å². The molecule has 1 aliphatic rings. The third-order valence-corrected chi connectivity index (χ3v) is 3.74. The molecule has 2 N–H and O–H groups in total. The van der Waals surface area contributed by atoms with Gasteiger partial charge in [0.2, 0.25) is 0 Å². The van der Waals surface area contributed by atoms with Crippen molar-refractivity contribution in [3.8, 4) is 0 Å². The van der Waals surface area contributed by atoms with Crippen LogP contribution in [-0.4, -0.2) is 14.3 Å². The van der Waals surface area contributed by atoms with Gasteiger partial charge in [0.15, 0.2) is 0 Å². The summed E-state index contributed by atoms with van der Waals surface area (Å²) in [6.07, 6.45) is 8.75. The summed E-state index contributed by atoms with van der Waals surface area (Å²) >= 11 is 0. The highest BCUT2D eigenvalue weighted by molar-refractivity contribution is 5.33. The molecule has 2 aromatic rings. The molecule has 100 valence electrons. The van der Waals surface area contributed by atoms with Crippen molar-refractivity contribution in [3.05, 3.63) is 46.6 Å². The minimum Gasteiger partial charge on any atom is -0.394 e. The van der Waals surface area contributed by atoms with E-state index in [0.717, 1.165) is 5.69 Å². The molecule has 3 rings (SSSR count). The van der Waals surface area contributed by atoms with Crippen LogP contribution in [-0.2, 0) is 6.54 Å². The molecular weight excluding hydrogens is 240 g/mol. The zero-order valence-electron chi connectivity index (χ0n) is 10.8. The lowest BCUT2D eigenvalue weighted by Crippen LogP contribution is -2.22. The van der Waals surface area contributed by atoms with E-state index in [4.69, 9.17) is 5.73 Å². The molecule has 0 aromatic carbocycles. The topological polar surface area (TPSA) is 65.8 Å². The normalized spacial score (nSPS) is 16.0. The summed E-state index contributed by atoms with van der Waals surface area (Å²) in [4.78, 5) is 11.8. The highest BCUT2D eigenvalue weighted by Gasteiger charge is 2.17. The van der Waals surface area contributed by atoms with Crippen LogP contribution in [0.25, 0.3) is 0 Å². The molecule has 2 aromatic heterocycles. The number of nitrogen functional groups attached to an aromatic ring is 1. The molecule has 1 aliphatic carbocycles. The van der Waals surface area contributed by atoms with Crippen molar-refractivity contribution in [2.75, 3.05) is 5.73 Å². The van der Waals surface area contributed by atoms with E-state index in [-0.39, 0.29) is 11.2 Å². The molecule has 0 bridgehead atoms. The molecular formula is C14H18N4O. The molecule has 19 heavy (non-hydrogen) atoms. The summed E-state index contributed by atoms with van der Waals surface area (Å²) in [6.45, 7) is 0.476. The second-order valence-electron chi connectivity index (χ2n) is 5.12. The summed E-state index contributed by atoms with van der Waals surface area (Å²) in [6, 6.07) is 5.92. The number of rotatable bonds is 3. The minimum absolute atomic E-state index is 0.155. The fourth-order valence-corrected chi connectivity index (χ4v) is 2.69. The number of hydrogen-bond acceptors (Lipinski definition) is 3. The van der Waals surface area contributed by atoms with Gasteiger partial charge in [0, 0.05) is 12.4 Å². The molecule has 2 heterocycles. The summed E-state index contributed by atoms with van der Waals surface area (Å²) in [5, 5.41) is 4.57. The van der Waals surface area contributed by atoms with Crippen LogP contribution in [0, 0.1) is 0 Å². The van der Waals surface area contributed by atoms with Crippen molar-refractivity contribution in [1.82, 2.24) is 14.3 Å². The Morgan fingerprint density at radius 2 is 2.05 bits per heavy atom. The Hall–Kier alpha value is -2.04. The number of nitrogens with zero attached hydrogens (tertiary/aromatic N) is 3. The van der Waals surface area contributed by atoms with Crippen LogP contribution < -0.4 is 11.3 Å². The van der Waals surface area contributed by atoms with Gasteiger partial charge in [0.05, 0.1) is 24.0 Å². The average Bonchev–Trinajstić information content (AvgIpc) is 3.05. The Labute approximate surface area is 111 Å². The third-order valence-electron chi connectivity index (χ3n) is 3.74. The maximum Gasteiger partial charge on any atom is 0.274 e. The Balaban J connectivity index is 1.80. The van der Waals surface area contributed by atoms with Crippen LogP contribution in [0.15, 0.2) is 35.4 Å². The van der Waals surface area contributed by atoms with E-state index < -0.39 is 0 Å². The number of aromatic nitrogens is 3. The second kappa shape index (κ2) is 4.91. The minimum atomic E-state index is -0.155. The maximum atomic E-state index is 11.8. The van der Waals surface area contributed by atoms with Crippen molar-refractivity contribution in [3.63, 3.8) is 0 Å². The van der Waals surface area contributed by atoms with Crippen molar-refractivity contribution >= 4 is 5.69 Å². The Morgan fingerprint density at radius 1 is 1.26 bits per heavy atom. The number of hydrogen-bond donors (Lipinski definition) is 1. The SMILES string of the molecule is Nc1cccn(Cc2ccn(C3CCCC3)n2)c1=O. The maximum absolute atomic E-state index is 11.8. The van der Waals surface area contributed by atoms with Crippen LogP contribution >= 0.6 is 0 Å². The van der Waals surface area contributed by atoms with Crippen LogP contribution in [0.2, 0.25) is 0 Å². The lowest BCUT2D eigenvalue weighted by molar-refractivity contribution is 0.461. The van der Waals surface area contributed by atoms with Crippen molar-refractivity contribution in [2.24, 2.45) is 0 Å². The summed E-state index contributed by atoms with van der Waals surface area (Å²) in [5.41, 5.74) is 6.64. The van der Waals surface area contributed by atoms with Gasteiger partial charge >= 0.3 is 0 Å². The first-order valence-electron chi connectivity index (χ1n) is 6.73. The van der Waals surface area contributed by atoms with Gasteiger partial charge < -0.3 is 10.3 Å². The van der Waals surface area contributed by atoms with Crippen molar-refractivity contribution < 1.29 is 0 Å². The number of pyridine rings is 1. The number of anilines is 1. The van der Waals surface area contributed by atoms with Crippen LogP contribution in [0.3, 0.4) is 0 Å². The quantitative estimate of drug-likeness (QED) is 0.912. The van der Waals surface area contributed by atoms with Gasteiger partial charge in [-0.25, -0.2) is 0 Å². The first-order chi connectivity index (χ1) is 9.24. The Bertz CT molecular complexity index is 622. The smallest absolute Gasteiger partial charge is 0.274 e. The molecule has 0 atom stereocenters. The predicted molar refractivity (Wildman–Crippen MR) is 73.9 cm³/mol. The molecule has 5 nitrogen and oxygen atoms in total. The summed E-state index contributed by atoms with van der Waals surface area (Å²) in [7, 11) is 0. The van der Waals surface area contributed by atoms with Gasteiger partial charge in [-0.3, -0.25) is 9.48 Å². The van der Waals surface area contributed by atoms with Crippen LogP contribution in [0.1, 0.15) is 37.4 Å². The van der Waals surface area contributed by atoms with Gasteiger partial charge in [0.1, 0.15) is 0 Å². The summed E-state index contributed by atoms with van der Waals surface area (Å²) < 4.78 is 3.64. The average molecular weight is 258 g/mol. The highest BCUT2D eigenvalue weighted by atomic mass is 16.1. The van der Waals surface area contributed by atoms with E-state index in [1.54, 1.807) is 22.9 Å². The lowest BCUT2D eigenvalue weighted by atomic mass is 10.3. The highest BCUT2D eigenvalue weighted by Crippen LogP contribution is 2.28. The monoisotopic (exact) mass is 258 g/mol. The van der Waals surface area contributed by atoms with Crippen LogP contribution in [0.4, 0.5) is 5.69 Å². The lowest BCUT2D eigenvalue weighted by Gasteiger charge is -2.09. The van der Waals surface area contributed by atoms with Crippen molar-refractivity contribution in [1.29, 1.82) is 0 Å². The third kappa shape index (κ3) is 2.41. The molecule has 0 spiro atoms. The molecule has 5 heteroatoms. The first-order valence-corrected chi connectivity index (χ1v) is 6.73. The molecule has 1 saturated carbocycles. The predicted octanol–water partition coefficient (Wildman–Crippen LogP) is 1.79. The molecule has 0 unspecified atom stereocenters. The zero-order valence-corrected chi connectivity index (χ0v) is 10.8. The van der Waals surface area contributed by atoms with E-state index in [1.807, 2.05) is 16.9 Å². The molecule has 0 aliphatic heterocycles. The van der Waals surface area contributed by atoms with E-state index in [9.17, 15) is 4.79 Å². The van der Waals surface area contributed by atoms with E-state index in [0.29, 0.717) is 12.6 Å². The van der Waals surface area contributed by atoms with Crippen LogP contribution in [0.5, 0.6) is 0 Å². The van der Waals surface area contributed by atoms with Gasteiger partial charge in [-0.05, 0) is 31.0 Å². The number of nitrogens with two attached hydrogens (primary N) is 1. The Kier molecular flexibility index (Phi) is 3.11. The zero-order chi connectivity index (χ0) is 13.2. The van der Waals surface area contributed by atoms with E-state index in [2.05, 4.69) is 5.10 Å². The largest absolute Gasteiger partial charge is 0.394 e. The molecule has 1 fully saturated rings. The fraction of sp³-hybridized carbons (Fsp3) is 0.429. The summed E-state index contributed by atoms with van der Waals surface area (Å²) in [5.74, 6) is 0. The van der Waals surface area contributed by atoms with Crippen molar-refractivity contribution in [2.45, 2.75) is 38.3 Å². The van der Waals surface area contributed by atoms with E-state index >= 15 is 0 Å². The van der Waals surface area contributed by atoms with Gasteiger partial charge in [0.25, 0.3) is 5.56 Å². The molecule has 0 saturated heterocycles. The second-order valence-corrected chi connectivity index (χ2v) is 5.12. The first kappa shape index (κ1) is 12.0. The van der Waals surface area contributed by atoms with Gasteiger partial charge in [-0.2, -0.15) is 5.10 Å². The molecule has 0 amide bonds. The Morgan fingerprint density at radius 3 is 2.84 bits per heavy atom. The standard InChI is InChI=1S/C14H18N4O/c15-13-6-3-8-17(14(13)19)10-11-7-9-18(16-11)12-4-1-2-5-12/h3,6-9,12H,1-2,4-5,10,15H2. The fourth-order valence-electron chi connectivity index (χ4n) is 2.69.